The minimum Gasteiger partial charge on any atom is -0.379 e. The molecule has 10 nitrogen and oxygen atoms in total. The van der Waals surface area contributed by atoms with Crippen molar-refractivity contribution in [3.05, 3.63) is 59.8 Å². The summed E-state index contributed by atoms with van der Waals surface area (Å²) in [4.78, 5) is 28.2. The number of benzene rings is 2. The summed E-state index contributed by atoms with van der Waals surface area (Å²) < 4.78 is 41.1. The summed E-state index contributed by atoms with van der Waals surface area (Å²) in [6.45, 7) is 4.99. The van der Waals surface area contributed by atoms with Gasteiger partial charge in [-0.15, -0.1) is 0 Å². The number of hydrogen-bond donors (Lipinski definition) is 1. The Kier molecular flexibility index (Phi) is 7.69. The molecule has 6 rings (SSSR count). The fraction of sp³-hybridized carbons (Fsp3) is 0.400. The Balaban J connectivity index is 1.35. The number of morpholine rings is 1. The zero-order valence-corrected chi connectivity index (χ0v) is 23.9. The van der Waals surface area contributed by atoms with Crippen LogP contribution in [0.5, 0.6) is 0 Å². The third-order valence-corrected chi connectivity index (χ3v) is 9.83. The van der Waals surface area contributed by atoms with Crippen molar-refractivity contribution in [1.29, 1.82) is 0 Å². The number of hydrogen-bond acceptors (Lipinski definition) is 6. The number of nitrogens with one attached hydrogen (secondary N) is 1. The van der Waals surface area contributed by atoms with Gasteiger partial charge in [-0.2, -0.15) is 4.31 Å². The zero-order valence-electron chi connectivity index (χ0n) is 23.0. The number of carbonyl (C=O) groups is 2. The molecule has 2 aromatic carbocycles. The lowest BCUT2D eigenvalue weighted by Crippen LogP contribution is -2.40. The molecule has 3 aliphatic heterocycles. The van der Waals surface area contributed by atoms with E-state index in [2.05, 4.69) is 5.32 Å². The average molecular weight is 579 g/mol. The Hall–Kier alpha value is -3.51. The lowest BCUT2D eigenvalue weighted by atomic mass is 10.0. The number of rotatable bonds is 8. The third kappa shape index (κ3) is 5.30. The van der Waals surface area contributed by atoms with Crippen LogP contribution >= 0.6 is 0 Å². The smallest absolute Gasteiger partial charge is 0.258 e. The van der Waals surface area contributed by atoms with E-state index >= 15 is 0 Å². The first-order chi connectivity index (χ1) is 19.9. The molecule has 41 heavy (non-hydrogen) atoms. The predicted octanol–water partition coefficient (Wildman–Crippen LogP) is 2.86. The Bertz CT molecular complexity index is 1620. The molecule has 1 unspecified atom stereocenters. The minimum absolute atomic E-state index is 0.0626. The first-order valence-corrected chi connectivity index (χ1v) is 15.5. The number of amides is 2. The summed E-state index contributed by atoms with van der Waals surface area (Å²) >= 11 is 0. The maximum absolute atomic E-state index is 13.6. The largest absolute Gasteiger partial charge is 0.379 e. The van der Waals surface area contributed by atoms with Crippen LogP contribution in [0.15, 0.2) is 53.6 Å². The predicted molar refractivity (Wildman–Crippen MR) is 156 cm³/mol. The van der Waals surface area contributed by atoms with Crippen molar-refractivity contribution in [3.63, 3.8) is 0 Å². The molecule has 1 atom stereocenters. The van der Waals surface area contributed by atoms with Gasteiger partial charge in [-0.1, -0.05) is 18.2 Å². The minimum atomic E-state index is -3.74. The highest BCUT2D eigenvalue weighted by atomic mass is 32.2. The normalized spacial score (nSPS) is 20.7. The van der Waals surface area contributed by atoms with Crippen molar-refractivity contribution in [3.8, 4) is 0 Å². The number of likely N-dealkylation sites (N-methyl/N-ethyl adjacent to an activating group) is 1. The molecule has 0 saturated carbocycles. The second kappa shape index (κ2) is 11.4. The van der Waals surface area contributed by atoms with Crippen molar-refractivity contribution >= 4 is 50.1 Å². The SMILES string of the molecule is CCN1C(=O)/C(=C\c2cn(CC(=O)NCC3CCCO3)c3ccccc23)c2cc(S(=O)(=O)N3CCOCC3)ccc21. The first-order valence-electron chi connectivity index (χ1n) is 14.1. The molecule has 11 heteroatoms. The van der Waals surface area contributed by atoms with Crippen LogP contribution in [0.2, 0.25) is 0 Å². The molecule has 0 radical (unpaired) electrons. The van der Waals surface area contributed by atoms with E-state index < -0.39 is 10.0 Å². The zero-order chi connectivity index (χ0) is 28.6. The van der Waals surface area contributed by atoms with Crippen molar-refractivity contribution in [2.45, 2.75) is 37.3 Å². The standard InChI is InChI=1S/C30H34N4O6S/c1-2-34-28-10-9-23(41(37,38)33-11-14-39-15-12-33)17-25(28)26(30(34)36)16-21-19-32(27-8-4-3-7-24(21)27)20-29(35)31-18-22-6-5-13-40-22/h3-4,7-10,16-17,19,22H,2,5-6,11-15,18,20H2,1H3,(H,31,35)/b26-16-. The van der Waals surface area contributed by atoms with E-state index in [1.807, 2.05) is 48.0 Å². The maximum atomic E-state index is 13.6. The van der Waals surface area contributed by atoms with Gasteiger partial charge in [0.2, 0.25) is 15.9 Å². The van der Waals surface area contributed by atoms with Crippen LogP contribution in [-0.2, 0) is 35.6 Å². The Labute approximate surface area is 239 Å². The molecule has 2 amide bonds. The van der Waals surface area contributed by atoms with Crippen molar-refractivity contribution in [2.75, 3.05) is 50.9 Å². The second-order valence-corrected chi connectivity index (χ2v) is 12.4. The Morgan fingerprint density at radius 2 is 1.93 bits per heavy atom. The van der Waals surface area contributed by atoms with Gasteiger partial charge < -0.3 is 24.3 Å². The van der Waals surface area contributed by atoms with Gasteiger partial charge in [-0.25, -0.2) is 8.42 Å². The van der Waals surface area contributed by atoms with E-state index in [1.54, 1.807) is 23.1 Å². The molecular weight excluding hydrogens is 544 g/mol. The van der Waals surface area contributed by atoms with Crippen LogP contribution in [0.3, 0.4) is 0 Å². The molecule has 4 heterocycles. The van der Waals surface area contributed by atoms with Gasteiger partial charge in [0.05, 0.1) is 29.9 Å². The van der Waals surface area contributed by atoms with Gasteiger partial charge in [0.15, 0.2) is 0 Å². The van der Waals surface area contributed by atoms with Gasteiger partial charge in [0.25, 0.3) is 5.91 Å². The molecule has 0 spiro atoms. The number of nitrogens with zero attached hydrogens (tertiary/aromatic N) is 3. The fourth-order valence-corrected chi connectivity index (χ4v) is 7.24. The van der Waals surface area contributed by atoms with Gasteiger partial charge in [0, 0.05) is 66.6 Å². The van der Waals surface area contributed by atoms with E-state index in [9.17, 15) is 18.0 Å². The third-order valence-electron chi connectivity index (χ3n) is 7.93. The molecule has 0 aliphatic carbocycles. The summed E-state index contributed by atoms with van der Waals surface area (Å²) in [5.74, 6) is -0.299. The summed E-state index contributed by atoms with van der Waals surface area (Å²) in [5, 5.41) is 3.87. The van der Waals surface area contributed by atoms with Gasteiger partial charge in [0.1, 0.15) is 6.54 Å². The molecule has 2 fully saturated rings. The second-order valence-electron chi connectivity index (χ2n) is 10.5. The number of anilines is 1. The Morgan fingerprint density at radius 3 is 2.68 bits per heavy atom. The van der Waals surface area contributed by atoms with Gasteiger partial charge in [-0.05, 0) is 50.1 Å². The van der Waals surface area contributed by atoms with E-state index in [1.165, 1.54) is 4.31 Å². The van der Waals surface area contributed by atoms with E-state index in [0.717, 1.165) is 35.9 Å². The fourth-order valence-electron chi connectivity index (χ4n) is 5.81. The van der Waals surface area contributed by atoms with Crippen LogP contribution < -0.4 is 10.2 Å². The van der Waals surface area contributed by atoms with E-state index in [-0.39, 0.29) is 29.4 Å². The summed E-state index contributed by atoms with van der Waals surface area (Å²) in [7, 11) is -3.74. The molecule has 3 aromatic rings. The van der Waals surface area contributed by atoms with Gasteiger partial charge in [-0.3, -0.25) is 9.59 Å². The molecule has 1 N–H and O–H groups in total. The number of sulfonamides is 1. The summed E-state index contributed by atoms with van der Waals surface area (Å²) in [6.07, 6.45) is 5.71. The van der Waals surface area contributed by atoms with Crippen molar-refractivity contribution in [1.82, 2.24) is 14.2 Å². The molecular formula is C30H34N4O6S. The van der Waals surface area contributed by atoms with Crippen molar-refractivity contribution < 1.29 is 27.5 Å². The van der Waals surface area contributed by atoms with Crippen LogP contribution in [0, 0.1) is 0 Å². The lowest BCUT2D eigenvalue weighted by molar-refractivity contribution is -0.122. The number of para-hydroxylation sites is 1. The first kappa shape index (κ1) is 27.6. The average Bonchev–Trinajstić information content (AvgIpc) is 3.70. The highest BCUT2D eigenvalue weighted by molar-refractivity contribution is 7.89. The molecule has 2 saturated heterocycles. The Morgan fingerprint density at radius 1 is 1.12 bits per heavy atom. The molecule has 1 aromatic heterocycles. The maximum Gasteiger partial charge on any atom is 0.258 e. The summed E-state index contributed by atoms with van der Waals surface area (Å²) in [6, 6.07) is 12.6. The molecule has 216 valence electrons. The topological polar surface area (TPSA) is 110 Å². The molecule has 0 bridgehead atoms. The van der Waals surface area contributed by atoms with Crippen molar-refractivity contribution in [2.24, 2.45) is 0 Å². The van der Waals surface area contributed by atoms with E-state index in [4.69, 9.17) is 9.47 Å². The van der Waals surface area contributed by atoms with Gasteiger partial charge >= 0.3 is 0 Å². The monoisotopic (exact) mass is 578 g/mol. The van der Waals surface area contributed by atoms with Crippen LogP contribution in [0.1, 0.15) is 30.9 Å². The lowest BCUT2D eigenvalue weighted by Gasteiger charge is -2.26. The summed E-state index contributed by atoms with van der Waals surface area (Å²) in [5.41, 5.74) is 3.33. The van der Waals surface area contributed by atoms with Crippen LogP contribution in [0.4, 0.5) is 5.69 Å². The van der Waals surface area contributed by atoms with E-state index in [0.29, 0.717) is 56.2 Å². The number of aromatic nitrogens is 1. The van der Waals surface area contributed by atoms with Crippen LogP contribution in [0.25, 0.3) is 22.6 Å². The molecule has 3 aliphatic rings. The van der Waals surface area contributed by atoms with Crippen LogP contribution in [-0.4, -0.2) is 81.2 Å². The number of fused-ring (bicyclic) bond motifs is 2. The number of ether oxygens (including phenoxy) is 2. The quantitative estimate of drug-likeness (QED) is 0.412. The highest BCUT2D eigenvalue weighted by Crippen LogP contribution is 2.40. The highest BCUT2D eigenvalue weighted by Gasteiger charge is 2.34. The number of carbonyl (C=O) groups excluding carboxylic acids is 2.